The molecule has 2 N–H and O–H groups in total. The van der Waals surface area contributed by atoms with Crippen molar-refractivity contribution >= 4 is 0 Å². The molecule has 0 saturated carbocycles. The van der Waals surface area contributed by atoms with E-state index in [0.717, 1.165) is 24.6 Å². The highest BCUT2D eigenvalue weighted by atomic mass is 16.7. The van der Waals surface area contributed by atoms with E-state index >= 15 is 0 Å². The zero-order valence-corrected chi connectivity index (χ0v) is 12.7. The van der Waals surface area contributed by atoms with Crippen LogP contribution in [0, 0.1) is 6.92 Å². The quantitative estimate of drug-likeness (QED) is 0.946. The molecule has 0 aliphatic carbocycles. The summed E-state index contributed by atoms with van der Waals surface area (Å²) in [5, 5.41) is 0. The Labute approximate surface area is 130 Å². The average molecular weight is 296 g/mol. The summed E-state index contributed by atoms with van der Waals surface area (Å²) >= 11 is 0. The Morgan fingerprint density at radius 1 is 1.18 bits per heavy atom. The molecule has 2 heterocycles. The second kappa shape index (κ2) is 5.30. The summed E-state index contributed by atoms with van der Waals surface area (Å²) in [4.78, 5) is 2.44. The molecule has 1 unspecified atom stereocenters. The van der Waals surface area contributed by atoms with Crippen molar-refractivity contribution in [2.45, 2.75) is 26.1 Å². The normalized spacial score (nSPS) is 19.5. The molecule has 1 atom stereocenters. The van der Waals surface area contributed by atoms with Crippen LogP contribution in [0.25, 0.3) is 0 Å². The third-order valence-corrected chi connectivity index (χ3v) is 4.65. The van der Waals surface area contributed by atoms with Crippen molar-refractivity contribution in [1.82, 2.24) is 4.90 Å². The van der Waals surface area contributed by atoms with Crippen LogP contribution in [-0.2, 0) is 13.1 Å². The monoisotopic (exact) mass is 296 g/mol. The van der Waals surface area contributed by atoms with Crippen molar-refractivity contribution in [2.75, 3.05) is 13.3 Å². The van der Waals surface area contributed by atoms with Gasteiger partial charge in [0.25, 0.3) is 0 Å². The predicted octanol–water partition coefficient (Wildman–Crippen LogP) is 2.74. The molecule has 2 aliphatic heterocycles. The summed E-state index contributed by atoms with van der Waals surface area (Å²) in [6.07, 6.45) is 0. The highest BCUT2D eigenvalue weighted by Crippen LogP contribution is 2.37. The topological polar surface area (TPSA) is 47.7 Å². The van der Waals surface area contributed by atoms with Gasteiger partial charge in [-0.3, -0.25) is 4.90 Å². The van der Waals surface area contributed by atoms with Crippen LogP contribution >= 0.6 is 0 Å². The molecular weight excluding hydrogens is 276 g/mol. The van der Waals surface area contributed by atoms with E-state index in [2.05, 4.69) is 42.2 Å². The largest absolute Gasteiger partial charge is 0.454 e. The van der Waals surface area contributed by atoms with Crippen LogP contribution in [0.5, 0.6) is 11.5 Å². The van der Waals surface area contributed by atoms with Crippen molar-refractivity contribution in [3.63, 3.8) is 0 Å². The molecule has 2 aromatic carbocycles. The fourth-order valence-electron chi connectivity index (χ4n) is 3.48. The molecule has 0 bridgehead atoms. The third kappa shape index (κ3) is 2.16. The molecule has 0 fully saturated rings. The van der Waals surface area contributed by atoms with Gasteiger partial charge in [-0.1, -0.05) is 24.3 Å². The summed E-state index contributed by atoms with van der Waals surface area (Å²) in [6, 6.07) is 13.0. The van der Waals surface area contributed by atoms with E-state index in [9.17, 15) is 0 Å². The summed E-state index contributed by atoms with van der Waals surface area (Å²) in [6.45, 7) is 4.96. The second-order valence-electron chi connectivity index (χ2n) is 5.99. The zero-order chi connectivity index (χ0) is 15.1. The number of nitrogens with zero attached hydrogens (tertiary/aromatic N) is 1. The lowest BCUT2D eigenvalue weighted by atomic mass is 10.0. The summed E-state index contributed by atoms with van der Waals surface area (Å²) in [5.41, 5.74) is 11.4. The Balaban J connectivity index is 1.60. The van der Waals surface area contributed by atoms with Gasteiger partial charge in [-0.05, 0) is 41.3 Å². The van der Waals surface area contributed by atoms with Crippen LogP contribution in [-0.4, -0.2) is 18.2 Å². The maximum absolute atomic E-state index is 6.05. The van der Waals surface area contributed by atoms with Gasteiger partial charge in [-0.2, -0.15) is 0 Å². The first kappa shape index (κ1) is 13.6. The maximum atomic E-state index is 6.05. The molecule has 0 aromatic heterocycles. The van der Waals surface area contributed by atoms with Gasteiger partial charge in [0.05, 0.1) is 0 Å². The third-order valence-electron chi connectivity index (χ3n) is 4.65. The van der Waals surface area contributed by atoms with Gasteiger partial charge in [-0.25, -0.2) is 0 Å². The number of rotatable bonds is 3. The van der Waals surface area contributed by atoms with E-state index in [-0.39, 0.29) is 0 Å². The van der Waals surface area contributed by atoms with Crippen molar-refractivity contribution in [2.24, 2.45) is 5.73 Å². The minimum Gasteiger partial charge on any atom is -0.454 e. The van der Waals surface area contributed by atoms with Crippen LogP contribution in [0.4, 0.5) is 0 Å². The molecule has 0 radical (unpaired) electrons. The number of ether oxygens (including phenoxy) is 2. The molecule has 4 nitrogen and oxygen atoms in total. The lowest BCUT2D eigenvalue weighted by molar-refractivity contribution is 0.173. The second-order valence-corrected chi connectivity index (χ2v) is 5.99. The number of fused-ring (bicyclic) bond motifs is 2. The van der Waals surface area contributed by atoms with Gasteiger partial charge in [-0.15, -0.1) is 0 Å². The van der Waals surface area contributed by atoms with Crippen LogP contribution < -0.4 is 15.2 Å². The van der Waals surface area contributed by atoms with E-state index in [1.165, 1.54) is 22.3 Å². The minimum absolute atomic E-state index is 0.292. The first-order valence-corrected chi connectivity index (χ1v) is 7.67. The number of hydrogen-bond acceptors (Lipinski definition) is 4. The molecule has 4 heteroatoms. The lowest BCUT2D eigenvalue weighted by Gasteiger charge is -2.23. The molecule has 2 aliphatic rings. The average Bonchev–Trinajstić information content (AvgIpc) is 3.11. The molecule has 22 heavy (non-hydrogen) atoms. The smallest absolute Gasteiger partial charge is 0.231 e. The van der Waals surface area contributed by atoms with E-state index in [1.807, 2.05) is 6.07 Å². The lowest BCUT2D eigenvalue weighted by Crippen LogP contribution is -2.27. The molecule has 0 spiro atoms. The van der Waals surface area contributed by atoms with Crippen molar-refractivity contribution in [3.8, 4) is 11.5 Å². The fraction of sp³-hybridized carbons (Fsp3) is 0.333. The molecule has 0 saturated heterocycles. The maximum Gasteiger partial charge on any atom is 0.231 e. The van der Waals surface area contributed by atoms with Gasteiger partial charge in [0.15, 0.2) is 11.5 Å². The Kier molecular flexibility index (Phi) is 3.28. The molecule has 2 aromatic rings. The Morgan fingerprint density at radius 3 is 2.91 bits per heavy atom. The summed E-state index contributed by atoms with van der Waals surface area (Å²) in [5.74, 6) is 1.68. The zero-order valence-electron chi connectivity index (χ0n) is 12.7. The van der Waals surface area contributed by atoms with Crippen LogP contribution in [0.15, 0.2) is 36.4 Å². The highest BCUT2D eigenvalue weighted by molar-refractivity contribution is 5.45. The van der Waals surface area contributed by atoms with Gasteiger partial charge in [0, 0.05) is 25.7 Å². The van der Waals surface area contributed by atoms with Crippen molar-refractivity contribution in [1.29, 1.82) is 0 Å². The van der Waals surface area contributed by atoms with Gasteiger partial charge in [0.1, 0.15) is 0 Å². The molecule has 4 rings (SSSR count). The van der Waals surface area contributed by atoms with E-state index in [4.69, 9.17) is 15.2 Å². The molecule has 0 amide bonds. The number of benzene rings is 2. The van der Waals surface area contributed by atoms with Crippen LogP contribution in [0.2, 0.25) is 0 Å². The van der Waals surface area contributed by atoms with E-state index in [0.29, 0.717) is 19.4 Å². The number of hydrogen-bond donors (Lipinski definition) is 1. The highest BCUT2D eigenvalue weighted by Gasteiger charge is 2.30. The Hall–Kier alpha value is -2.04. The minimum atomic E-state index is 0.292. The van der Waals surface area contributed by atoms with Crippen molar-refractivity contribution in [3.05, 3.63) is 58.7 Å². The van der Waals surface area contributed by atoms with E-state index < -0.39 is 0 Å². The summed E-state index contributed by atoms with van der Waals surface area (Å²) < 4.78 is 10.8. The van der Waals surface area contributed by atoms with Gasteiger partial charge >= 0.3 is 0 Å². The first-order valence-electron chi connectivity index (χ1n) is 7.67. The first-order chi connectivity index (χ1) is 10.8. The van der Waals surface area contributed by atoms with Crippen LogP contribution in [0.1, 0.15) is 28.3 Å². The fourth-order valence-corrected chi connectivity index (χ4v) is 3.48. The van der Waals surface area contributed by atoms with E-state index in [1.54, 1.807) is 0 Å². The predicted molar refractivity (Wildman–Crippen MR) is 84.8 cm³/mol. The van der Waals surface area contributed by atoms with Gasteiger partial charge in [0.2, 0.25) is 6.79 Å². The van der Waals surface area contributed by atoms with Gasteiger partial charge < -0.3 is 15.2 Å². The standard InChI is InChI=1S/C18H20N2O2/c1-12-3-2-4-14-15(12)10-20(16(14)8-19)9-13-5-6-17-18(7-13)22-11-21-17/h2-7,16H,8-11,19H2,1H3. The molecular formula is C18H20N2O2. The number of nitrogens with two attached hydrogens (primary N) is 1. The van der Waals surface area contributed by atoms with Crippen LogP contribution in [0.3, 0.4) is 0 Å². The Morgan fingerprint density at radius 2 is 2.05 bits per heavy atom. The number of aryl methyl sites for hydroxylation is 1. The molecule has 114 valence electrons. The SMILES string of the molecule is Cc1cccc2c1CN(Cc1ccc3c(c1)OCO3)C2CN. The summed E-state index contributed by atoms with van der Waals surface area (Å²) in [7, 11) is 0. The Bertz CT molecular complexity index is 714. The van der Waals surface area contributed by atoms with Crippen molar-refractivity contribution < 1.29 is 9.47 Å².